The van der Waals surface area contributed by atoms with Crippen LogP contribution < -0.4 is 9.80 Å². The van der Waals surface area contributed by atoms with Gasteiger partial charge in [0.2, 0.25) is 5.91 Å². The van der Waals surface area contributed by atoms with Crippen molar-refractivity contribution in [3.63, 3.8) is 0 Å². The lowest BCUT2D eigenvalue weighted by molar-refractivity contribution is -0.127. The lowest BCUT2D eigenvalue weighted by Crippen LogP contribution is -2.43. The molecule has 34 heavy (non-hydrogen) atoms. The molecule has 1 aromatic carbocycles. The van der Waals surface area contributed by atoms with Gasteiger partial charge in [0.15, 0.2) is 0 Å². The van der Waals surface area contributed by atoms with Crippen LogP contribution >= 0.6 is 34.5 Å². The van der Waals surface area contributed by atoms with Gasteiger partial charge in [-0.2, -0.15) is 0 Å². The summed E-state index contributed by atoms with van der Waals surface area (Å²) in [6.07, 6.45) is -1.73. The zero-order valence-corrected chi connectivity index (χ0v) is 19.9. The van der Waals surface area contributed by atoms with E-state index in [0.717, 1.165) is 27.2 Å². The number of carbonyl (C=O) groups excluding carboxylic acids is 4. The van der Waals surface area contributed by atoms with Crippen LogP contribution in [0.5, 0.6) is 0 Å². The van der Waals surface area contributed by atoms with Crippen molar-refractivity contribution < 1.29 is 33.0 Å². The molecule has 0 radical (unpaired) electrons. The van der Waals surface area contributed by atoms with Gasteiger partial charge in [0.1, 0.15) is 24.4 Å². The van der Waals surface area contributed by atoms with Gasteiger partial charge < -0.3 is 14.4 Å². The number of cyclic esters (lactones) is 1. The quantitative estimate of drug-likeness (QED) is 0.533. The number of benzene rings is 1. The van der Waals surface area contributed by atoms with Crippen molar-refractivity contribution in [1.29, 1.82) is 0 Å². The number of morpholine rings is 1. The summed E-state index contributed by atoms with van der Waals surface area (Å²) in [6, 6.07) is 7.06. The molecule has 4 amide bonds. The van der Waals surface area contributed by atoms with Gasteiger partial charge in [-0.25, -0.2) is 9.18 Å². The predicted octanol–water partition coefficient (Wildman–Crippen LogP) is 3.14. The van der Waals surface area contributed by atoms with Crippen molar-refractivity contribution in [2.45, 2.75) is 6.10 Å². The van der Waals surface area contributed by atoms with E-state index in [9.17, 15) is 23.6 Å². The van der Waals surface area contributed by atoms with E-state index in [1.807, 2.05) is 0 Å². The molecule has 0 spiro atoms. The van der Waals surface area contributed by atoms with E-state index in [1.54, 1.807) is 0 Å². The van der Waals surface area contributed by atoms with Crippen molar-refractivity contribution >= 4 is 69.7 Å². The molecule has 9 nitrogen and oxygen atoms in total. The minimum Gasteiger partial charge on any atom is -0.442 e. The van der Waals surface area contributed by atoms with Crippen LogP contribution in [0.25, 0.3) is 0 Å². The first-order valence-electron chi connectivity index (χ1n) is 10.1. The van der Waals surface area contributed by atoms with E-state index in [0.29, 0.717) is 23.2 Å². The van der Waals surface area contributed by atoms with Gasteiger partial charge in [0.25, 0.3) is 11.8 Å². The summed E-state index contributed by atoms with van der Waals surface area (Å²) in [5.41, 5.74) is 0.293. The molecular weight excluding hydrogens is 512 g/mol. The fourth-order valence-electron chi connectivity index (χ4n) is 3.62. The molecule has 2 aliphatic heterocycles. The first kappa shape index (κ1) is 24.4. The highest BCUT2D eigenvalue weighted by Gasteiger charge is 2.37. The third-order valence-electron chi connectivity index (χ3n) is 5.22. The average molecular weight is 530 g/mol. The number of nitrogens with zero attached hydrogens (tertiary/aromatic N) is 3. The van der Waals surface area contributed by atoms with E-state index >= 15 is 0 Å². The second kappa shape index (κ2) is 10.3. The number of ether oxygens (including phenoxy) is 2. The number of alkyl halides is 1. The van der Waals surface area contributed by atoms with E-state index < -0.39 is 35.7 Å². The number of hydrogen-bond donors (Lipinski definition) is 0. The first-order valence-corrected chi connectivity index (χ1v) is 11.8. The highest BCUT2D eigenvalue weighted by molar-refractivity contribution is 7.18. The normalized spacial score (nSPS) is 18.3. The zero-order valence-electron chi connectivity index (χ0n) is 17.5. The standard InChI is InChI=1S/C21H18Cl2FN3O6S/c22-8-18(28)27(20(30)16-3-4-17(23)34-16)10-13-9-26(21(31)33-13)15-2-1-12(7-14(15)24)25-5-6-32-11-19(25)29/h1-4,7,13H,5-6,8-11H2/t13-/m1/s1. The highest BCUT2D eigenvalue weighted by atomic mass is 35.5. The number of halogens is 3. The molecule has 1 atom stereocenters. The average Bonchev–Trinajstić information content (AvgIpc) is 3.42. The van der Waals surface area contributed by atoms with Crippen molar-refractivity contribution in [3.8, 4) is 0 Å². The molecule has 4 rings (SSSR count). The van der Waals surface area contributed by atoms with E-state index in [2.05, 4.69) is 0 Å². The summed E-state index contributed by atoms with van der Waals surface area (Å²) in [5.74, 6) is -2.77. The van der Waals surface area contributed by atoms with Crippen LogP contribution in [0.2, 0.25) is 4.34 Å². The SMILES string of the molecule is O=C(CCl)N(C[C@H]1CN(c2ccc(N3CCOCC3=O)cc2F)C(=O)O1)C(=O)c1ccc(Cl)s1. The molecular formula is C21H18Cl2FN3O6S. The summed E-state index contributed by atoms with van der Waals surface area (Å²) < 4.78 is 25.7. The van der Waals surface area contributed by atoms with Crippen molar-refractivity contribution in [2.75, 3.05) is 48.5 Å². The molecule has 0 saturated carbocycles. The second-order valence-corrected chi connectivity index (χ2v) is 9.38. The Kier molecular flexibility index (Phi) is 7.36. The predicted molar refractivity (Wildman–Crippen MR) is 123 cm³/mol. The topological polar surface area (TPSA) is 96.5 Å². The maximum absolute atomic E-state index is 14.9. The summed E-state index contributed by atoms with van der Waals surface area (Å²) in [4.78, 5) is 53.2. The van der Waals surface area contributed by atoms with Gasteiger partial charge in [0, 0.05) is 12.2 Å². The molecule has 2 aliphatic rings. The minimum atomic E-state index is -0.904. The van der Waals surface area contributed by atoms with E-state index in [1.165, 1.54) is 29.2 Å². The zero-order chi connectivity index (χ0) is 24.4. The van der Waals surface area contributed by atoms with Gasteiger partial charge >= 0.3 is 6.09 Å². The van der Waals surface area contributed by atoms with Crippen LogP contribution in [0.4, 0.5) is 20.6 Å². The van der Waals surface area contributed by atoms with Crippen LogP contribution in [-0.2, 0) is 19.1 Å². The molecule has 0 unspecified atom stereocenters. The summed E-state index contributed by atoms with van der Waals surface area (Å²) in [5, 5.41) is 0. The summed E-state index contributed by atoms with van der Waals surface area (Å²) in [6.45, 7) is 0.181. The molecule has 180 valence electrons. The van der Waals surface area contributed by atoms with E-state index in [-0.39, 0.29) is 36.2 Å². The third kappa shape index (κ3) is 5.02. The number of anilines is 2. The molecule has 2 fully saturated rings. The maximum atomic E-state index is 14.9. The second-order valence-electron chi connectivity index (χ2n) is 7.40. The Labute approximate surface area is 207 Å². The Hall–Kier alpha value is -2.73. The van der Waals surface area contributed by atoms with Gasteiger partial charge in [-0.05, 0) is 30.3 Å². The lowest BCUT2D eigenvalue weighted by atomic mass is 10.2. The Morgan fingerprint density at radius 3 is 2.65 bits per heavy atom. The van der Waals surface area contributed by atoms with Crippen LogP contribution in [0.1, 0.15) is 9.67 Å². The van der Waals surface area contributed by atoms with Gasteiger partial charge in [-0.15, -0.1) is 22.9 Å². The molecule has 0 N–H and O–H groups in total. The van der Waals surface area contributed by atoms with Crippen LogP contribution in [0, 0.1) is 5.82 Å². The van der Waals surface area contributed by atoms with Gasteiger partial charge in [-0.3, -0.25) is 24.2 Å². The Morgan fingerprint density at radius 2 is 2.00 bits per heavy atom. The number of thiophene rings is 1. The lowest BCUT2D eigenvalue weighted by Gasteiger charge is -2.27. The van der Waals surface area contributed by atoms with E-state index in [4.69, 9.17) is 32.7 Å². The summed E-state index contributed by atoms with van der Waals surface area (Å²) >= 11 is 12.5. The largest absolute Gasteiger partial charge is 0.442 e. The van der Waals surface area contributed by atoms with Crippen LogP contribution in [-0.4, -0.2) is 73.5 Å². The van der Waals surface area contributed by atoms with Gasteiger partial charge in [0.05, 0.1) is 34.6 Å². The molecule has 0 aliphatic carbocycles. The van der Waals surface area contributed by atoms with Crippen molar-refractivity contribution in [1.82, 2.24) is 4.90 Å². The minimum absolute atomic E-state index is 0.0523. The Balaban J connectivity index is 1.49. The number of imide groups is 1. The molecule has 2 aromatic rings. The molecule has 0 bridgehead atoms. The fourth-order valence-corrected chi connectivity index (χ4v) is 4.76. The number of hydrogen-bond acceptors (Lipinski definition) is 7. The molecule has 1 aromatic heterocycles. The highest BCUT2D eigenvalue weighted by Crippen LogP contribution is 2.30. The van der Waals surface area contributed by atoms with Crippen molar-refractivity contribution in [2.24, 2.45) is 0 Å². The fraction of sp³-hybridized carbons (Fsp3) is 0.333. The molecule has 2 saturated heterocycles. The Morgan fingerprint density at radius 1 is 1.21 bits per heavy atom. The molecule has 3 heterocycles. The number of amides is 4. The summed E-state index contributed by atoms with van der Waals surface area (Å²) in [7, 11) is 0. The smallest absolute Gasteiger partial charge is 0.414 e. The van der Waals surface area contributed by atoms with Crippen LogP contribution in [0.3, 0.4) is 0 Å². The maximum Gasteiger partial charge on any atom is 0.414 e. The number of carbonyl (C=O) groups is 4. The monoisotopic (exact) mass is 529 g/mol. The van der Waals surface area contributed by atoms with Crippen LogP contribution in [0.15, 0.2) is 30.3 Å². The Bertz CT molecular complexity index is 1150. The first-order chi connectivity index (χ1) is 16.3. The molecule has 13 heteroatoms. The number of rotatable bonds is 6. The third-order valence-corrected chi connectivity index (χ3v) is 6.67. The van der Waals surface area contributed by atoms with Crippen molar-refractivity contribution in [3.05, 3.63) is 45.4 Å². The van der Waals surface area contributed by atoms with Gasteiger partial charge in [-0.1, -0.05) is 11.6 Å².